The standard InChI is InChI=1S/C12H13N3O/c1-2-4-10-7-14-15(8-10)12-11(9-16)5-3-6-13-12/h3,5-9H,2,4H2,1H3. The van der Waals surface area contributed by atoms with Crippen molar-refractivity contribution in [2.24, 2.45) is 0 Å². The van der Waals surface area contributed by atoms with Gasteiger partial charge in [-0.2, -0.15) is 5.10 Å². The van der Waals surface area contributed by atoms with Crippen LogP contribution in [0.15, 0.2) is 30.7 Å². The van der Waals surface area contributed by atoms with E-state index in [-0.39, 0.29) is 0 Å². The maximum absolute atomic E-state index is 10.9. The van der Waals surface area contributed by atoms with E-state index in [0.717, 1.165) is 24.7 Å². The van der Waals surface area contributed by atoms with Gasteiger partial charge in [-0.05, 0) is 24.1 Å². The molecule has 4 nitrogen and oxygen atoms in total. The van der Waals surface area contributed by atoms with Gasteiger partial charge in [-0.3, -0.25) is 4.79 Å². The van der Waals surface area contributed by atoms with Gasteiger partial charge in [0.25, 0.3) is 0 Å². The Morgan fingerprint density at radius 2 is 2.38 bits per heavy atom. The van der Waals surface area contributed by atoms with E-state index < -0.39 is 0 Å². The monoisotopic (exact) mass is 215 g/mol. The van der Waals surface area contributed by atoms with Crippen LogP contribution in [0.2, 0.25) is 0 Å². The predicted octanol–water partition coefficient (Wildman–Crippen LogP) is 2.03. The van der Waals surface area contributed by atoms with Crippen molar-refractivity contribution in [2.45, 2.75) is 19.8 Å². The number of rotatable bonds is 4. The van der Waals surface area contributed by atoms with Crippen molar-refractivity contribution in [1.82, 2.24) is 14.8 Å². The number of carbonyl (C=O) groups excluding carboxylic acids is 1. The van der Waals surface area contributed by atoms with E-state index in [4.69, 9.17) is 0 Å². The number of aromatic nitrogens is 3. The minimum Gasteiger partial charge on any atom is -0.298 e. The molecule has 0 atom stereocenters. The summed E-state index contributed by atoms with van der Waals surface area (Å²) in [5.74, 6) is 0.583. The molecule has 0 aromatic carbocycles. The van der Waals surface area contributed by atoms with Crippen molar-refractivity contribution >= 4 is 6.29 Å². The Kier molecular flexibility index (Phi) is 3.10. The van der Waals surface area contributed by atoms with Gasteiger partial charge in [0.05, 0.1) is 11.8 Å². The molecule has 0 aliphatic rings. The van der Waals surface area contributed by atoms with Crippen molar-refractivity contribution in [2.75, 3.05) is 0 Å². The number of aryl methyl sites for hydroxylation is 1. The van der Waals surface area contributed by atoms with E-state index in [9.17, 15) is 4.79 Å². The van der Waals surface area contributed by atoms with Crippen LogP contribution >= 0.6 is 0 Å². The zero-order chi connectivity index (χ0) is 11.4. The largest absolute Gasteiger partial charge is 0.298 e. The number of nitrogens with zero attached hydrogens (tertiary/aromatic N) is 3. The quantitative estimate of drug-likeness (QED) is 0.733. The van der Waals surface area contributed by atoms with E-state index in [1.807, 2.05) is 12.4 Å². The molecule has 0 saturated heterocycles. The molecular weight excluding hydrogens is 202 g/mol. The van der Waals surface area contributed by atoms with Gasteiger partial charge >= 0.3 is 0 Å². The predicted molar refractivity (Wildman–Crippen MR) is 60.7 cm³/mol. The van der Waals surface area contributed by atoms with Crippen LogP contribution in [0.5, 0.6) is 0 Å². The van der Waals surface area contributed by atoms with Gasteiger partial charge in [-0.25, -0.2) is 9.67 Å². The zero-order valence-corrected chi connectivity index (χ0v) is 9.13. The third-order valence-corrected chi connectivity index (χ3v) is 2.34. The lowest BCUT2D eigenvalue weighted by molar-refractivity contribution is 0.112. The fraction of sp³-hybridized carbons (Fsp3) is 0.250. The van der Waals surface area contributed by atoms with Crippen molar-refractivity contribution < 1.29 is 4.79 Å². The second kappa shape index (κ2) is 4.70. The van der Waals surface area contributed by atoms with Crippen LogP contribution in [0.4, 0.5) is 0 Å². The summed E-state index contributed by atoms with van der Waals surface area (Å²) in [4.78, 5) is 15.0. The Morgan fingerprint density at radius 3 is 3.12 bits per heavy atom. The van der Waals surface area contributed by atoms with Crippen LogP contribution in [-0.4, -0.2) is 21.1 Å². The van der Waals surface area contributed by atoms with Gasteiger partial charge in [-0.15, -0.1) is 0 Å². The Balaban J connectivity index is 2.38. The van der Waals surface area contributed by atoms with Crippen molar-refractivity contribution in [3.8, 4) is 5.82 Å². The summed E-state index contributed by atoms with van der Waals surface area (Å²) < 4.78 is 1.65. The minimum atomic E-state index is 0.550. The van der Waals surface area contributed by atoms with Crippen LogP contribution in [0, 0.1) is 0 Å². The topological polar surface area (TPSA) is 47.8 Å². The third kappa shape index (κ3) is 2.00. The van der Waals surface area contributed by atoms with Crippen molar-refractivity contribution in [1.29, 1.82) is 0 Å². The van der Waals surface area contributed by atoms with Gasteiger partial charge in [-0.1, -0.05) is 13.3 Å². The molecule has 0 unspecified atom stereocenters. The number of pyridine rings is 1. The lowest BCUT2D eigenvalue weighted by atomic mass is 10.2. The molecule has 16 heavy (non-hydrogen) atoms. The molecule has 2 aromatic rings. The summed E-state index contributed by atoms with van der Waals surface area (Å²) in [6, 6.07) is 3.47. The highest BCUT2D eigenvalue weighted by atomic mass is 16.1. The minimum absolute atomic E-state index is 0.550. The maximum atomic E-state index is 10.9. The number of hydrogen-bond donors (Lipinski definition) is 0. The maximum Gasteiger partial charge on any atom is 0.163 e. The first-order chi connectivity index (χ1) is 7.85. The molecule has 2 rings (SSSR count). The van der Waals surface area contributed by atoms with Crippen LogP contribution in [0.3, 0.4) is 0 Å². The van der Waals surface area contributed by atoms with Crippen LogP contribution < -0.4 is 0 Å². The van der Waals surface area contributed by atoms with Gasteiger partial charge in [0.1, 0.15) is 0 Å². The molecule has 2 aromatic heterocycles. The molecule has 4 heteroatoms. The van der Waals surface area contributed by atoms with E-state index in [1.54, 1.807) is 23.0 Å². The molecule has 0 bridgehead atoms. The van der Waals surface area contributed by atoms with Gasteiger partial charge in [0.15, 0.2) is 12.1 Å². The van der Waals surface area contributed by atoms with E-state index in [1.165, 1.54) is 0 Å². The van der Waals surface area contributed by atoms with Crippen LogP contribution in [0.1, 0.15) is 29.3 Å². The Morgan fingerprint density at radius 1 is 1.50 bits per heavy atom. The molecule has 0 fully saturated rings. The molecule has 0 saturated carbocycles. The van der Waals surface area contributed by atoms with E-state index >= 15 is 0 Å². The molecule has 0 amide bonds. The average molecular weight is 215 g/mol. The molecule has 82 valence electrons. The first-order valence-corrected chi connectivity index (χ1v) is 5.29. The molecule has 0 aliphatic heterocycles. The molecule has 0 radical (unpaired) electrons. The van der Waals surface area contributed by atoms with Crippen LogP contribution in [-0.2, 0) is 6.42 Å². The number of hydrogen-bond acceptors (Lipinski definition) is 3. The smallest absolute Gasteiger partial charge is 0.163 e. The summed E-state index contributed by atoms with van der Waals surface area (Å²) in [5.41, 5.74) is 1.71. The fourth-order valence-electron chi connectivity index (χ4n) is 1.59. The summed E-state index contributed by atoms with van der Waals surface area (Å²) in [5, 5.41) is 4.21. The van der Waals surface area contributed by atoms with Gasteiger partial charge < -0.3 is 0 Å². The molecular formula is C12H13N3O. The summed E-state index contributed by atoms with van der Waals surface area (Å²) in [7, 11) is 0. The zero-order valence-electron chi connectivity index (χ0n) is 9.13. The first-order valence-electron chi connectivity index (χ1n) is 5.29. The molecule has 0 N–H and O–H groups in total. The van der Waals surface area contributed by atoms with Crippen molar-refractivity contribution in [3.05, 3.63) is 41.9 Å². The number of carbonyl (C=O) groups is 1. The van der Waals surface area contributed by atoms with Crippen LogP contribution in [0.25, 0.3) is 5.82 Å². The Labute approximate surface area is 93.9 Å². The van der Waals surface area contributed by atoms with E-state index in [0.29, 0.717) is 11.4 Å². The van der Waals surface area contributed by atoms with Crippen molar-refractivity contribution in [3.63, 3.8) is 0 Å². The molecule has 0 spiro atoms. The lowest BCUT2D eigenvalue weighted by Gasteiger charge is -2.01. The van der Waals surface area contributed by atoms with Gasteiger partial charge in [0, 0.05) is 12.4 Å². The van der Waals surface area contributed by atoms with Gasteiger partial charge in [0.2, 0.25) is 0 Å². The third-order valence-electron chi connectivity index (χ3n) is 2.34. The highest BCUT2D eigenvalue weighted by Gasteiger charge is 2.06. The molecule has 2 heterocycles. The highest BCUT2D eigenvalue weighted by Crippen LogP contribution is 2.10. The average Bonchev–Trinajstić information content (AvgIpc) is 2.78. The lowest BCUT2D eigenvalue weighted by Crippen LogP contribution is -2.01. The molecule has 0 aliphatic carbocycles. The number of aldehydes is 1. The normalized spacial score (nSPS) is 10.3. The fourth-order valence-corrected chi connectivity index (χ4v) is 1.59. The Hall–Kier alpha value is -1.97. The SMILES string of the molecule is CCCc1cnn(-c2ncccc2C=O)c1. The first kappa shape index (κ1) is 10.5. The highest BCUT2D eigenvalue weighted by molar-refractivity contribution is 5.79. The summed E-state index contributed by atoms with van der Waals surface area (Å²) in [6.45, 7) is 2.12. The second-order valence-corrected chi connectivity index (χ2v) is 3.58. The Bertz CT molecular complexity index is 491. The van der Waals surface area contributed by atoms with E-state index in [2.05, 4.69) is 17.0 Å². The summed E-state index contributed by atoms with van der Waals surface area (Å²) >= 11 is 0. The second-order valence-electron chi connectivity index (χ2n) is 3.58. The summed E-state index contributed by atoms with van der Waals surface area (Å²) in [6.07, 6.45) is 8.25.